The van der Waals surface area contributed by atoms with Crippen molar-refractivity contribution in [2.24, 2.45) is 0 Å². The van der Waals surface area contributed by atoms with Gasteiger partial charge in [0.25, 0.3) is 5.91 Å². The number of phenolic OH excluding ortho intramolecular Hbond substituents is 1. The van der Waals surface area contributed by atoms with Crippen LogP contribution in [0.2, 0.25) is 5.02 Å². The maximum atomic E-state index is 12.1. The minimum atomic E-state index is -0.243. The van der Waals surface area contributed by atoms with E-state index in [-0.39, 0.29) is 17.7 Å². The van der Waals surface area contributed by atoms with Crippen molar-refractivity contribution in [3.05, 3.63) is 64.2 Å². The highest BCUT2D eigenvalue weighted by Crippen LogP contribution is 2.23. The molecule has 4 heteroatoms. The second kappa shape index (κ2) is 5.97. The minimum absolute atomic E-state index is 0.114. The Kier molecular flexibility index (Phi) is 4.30. The molecule has 0 aliphatic rings. The van der Waals surface area contributed by atoms with Crippen molar-refractivity contribution in [2.75, 3.05) is 0 Å². The van der Waals surface area contributed by atoms with E-state index < -0.39 is 0 Å². The minimum Gasteiger partial charge on any atom is -0.508 e. The molecule has 0 heterocycles. The molecule has 0 aliphatic carbocycles. The number of rotatable bonds is 3. The molecule has 2 N–H and O–H groups in total. The number of halogens is 1. The molecule has 20 heavy (non-hydrogen) atoms. The largest absolute Gasteiger partial charge is 0.508 e. The third-order valence-electron chi connectivity index (χ3n) is 3.19. The molecule has 1 unspecified atom stereocenters. The van der Waals surface area contributed by atoms with Crippen molar-refractivity contribution < 1.29 is 9.90 Å². The Balaban J connectivity index is 2.15. The van der Waals surface area contributed by atoms with E-state index >= 15 is 0 Å². The highest BCUT2D eigenvalue weighted by atomic mass is 35.5. The van der Waals surface area contributed by atoms with Crippen LogP contribution in [0.25, 0.3) is 0 Å². The van der Waals surface area contributed by atoms with Crippen molar-refractivity contribution in [3.8, 4) is 5.75 Å². The molecule has 0 radical (unpaired) electrons. The van der Waals surface area contributed by atoms with E-state index in [0.29, 0.717) is 10.6 Å². The summed E-state index contributed by atoms with van der Waals surface area (Å²) in [6.45, 7) is 3.65. The Labute approximate surface area is 123 Å². The number of benzene rings is 2. The standard InChI is InChI=1S/C16H16ClNO2/c1-10-7-8-12(9-15(10)19)16(20)18-11(2)13-5-3-4-6-14(13)17/h3-9,11,19H,1-2H3,(H,18,20). The molecule has 0 saturated carbocycles. The lowest BCUT2D eigenvalue weighted by Gasteiger charge is -2.16. The number of hydrogen-bond donors (Lipinski definition) is 2. The van der Waals surface area contributed by atoms with Gasteiger partial charge in [0.1, 0.15) is 5.75 Å². The van der Waals surface area contributed by atoms with E-state index in [1.807, 2.05) is 25.1 Å². The number of carbonyl (C=O) groups is 1. The number of hydrogen-bond acceptors (Lipinski definition) is 2. The Morgan fingerprint density at radius 1 is 1.25 bits per heavy atom. The van der Waals surface area contributed by atoms with Gasteiger partial charge in [0.2, 0.25) is 0 Å². The second-order valence-electron chi connectivity index (χ2n) is 4.72. The summed E-state index contributed by atoms with van der Waals surface area (Å²) in [6, 6.07) is 12.0. The van der Waals surface area contributed by atoms with Crippen LogP contribution in [0.15, 0.2) is 42.5 Å². The van der Waals surface area contributed by atoms with Gasteiger partial charge in [0.05, 0.1) is 6.04 Å². The van der Waals surface area contributed by atoms with Crippen LogP contribution in [-0.2, 0) is 0 Å². The van der Waals surface area contributed by atoms with Gasteiger partial charge in [-0.2, -0.15) is 0 Å². The topological polar surface area (TPSA) is 49.3 Å². The first kappa shape index (κ1) is 14.4. The molecule has 3 nitrogen and oxygen atoms in total. The first-order chi connectivity index (χ1) is 9.49. The van der Waals surface area contributed by atoms with Gasteiger partial charge in [-0.3, -0.25) is 4.79 Å². The third kappa shape index (κ3) is 3.11. The molecular formula is C16H16ClNO2. The predicted molar refractivity (Wildman–Crippen MR) is 80.2 cm³/mol. The first-order valence-corrected chi connectivity index (χ1v) is 6.71. The van der Waals surface area contributed by atoms with Gasteiger partial charge in [-0.25, -0.2) is 0 Å². The Bertz CT molecular complexity index is 640. The monoisotopic (exact) mass is 289 g/mol. The fourth-order valence-corrected chi connectivity index (χ4v) is 2.23. The van der Waals surface area contributed by atoms with Gasteiger partial charge >= 0.3 is 0 Å². The van der Waals surface area contributed by atoms with E-state index in [9.17, 15) is 9.90 Å². The third-order valence-corrected chi connectivity index (χ3v) is 3.53. The van der Waals surface area contributed by atoms with E-state index in [4.69, 9.17) is 11.6 Å². The van der Waals surface area contributed by atoms with Gasteiger partial charge in [-0.15, -0.1) is 0 Å². The van der Waals surface area contributed by atoms with Gasteiger partial charge in [-0.05, 0) is 43.2 Å². The smallest absolute Gasteiger partial charge is 0.251 e. The van der Waals surface area contributed by atoms with Crippen LogP contribution in [-0.4, -0.2) is 11.0 Å². The molecule has 0 spiro atoms. The van der Waals surface area contributed by atoms with E-state index in [1.54, 1.807) is 25.1 Å². The van der Waals surface area contributed by atoms with Crippen LogP contribution in [0.1, 0.15) is 34.5 Å². The summed E-state index contributed by atoms with van der Waals surface area (Å²) in [4.78, 5) is 12.1. The molecule has 104 valence electrons. The molecule has 0 bridgehead atoms. The summed E-state index contributed by atoms with van der Waals surface area (Å²) in [5.41, 5.74) is 2.02. The highest BCUT2D eigenvalue weighted by Gasteiger charge is 2.14. The summed E-state index contributed by atoms with van der Waals surface area (Å²) in [5, 5.41) is 13.1. The van der Waals surface area contributed by atoms with E-state index in [2.05, 4.69) is 5.32 Å². The lowest BCUT2D eigenvalue weighted by Crippen LogP contribution is -2.26. The van der Waals surface area contributed by atoms with Crippen LogP contribution < -0.4 is 5.32 Å². The maximum Gasteiger partial charge on any atom is 0.251 e. The molecule has 2 aromatic rings. The molecule has 0 aliphatic heterocycles. The van der Waals surface area contributed by atoms with Crippen molar-refractivity contribution in [1.29, 1.82) is 0 Å². The first-order valence-electron chi connectivity index (χ1n) is 6.34. The Hall–Kier alpha value is -2.00. The lowest BCUT2D eigenvalue weighted by molar-refractivity contribution is 0.0939. The molecule has 1 amide bonds. The quantitative estimate of drug-likeness (QED) is 0.902. The zero-order valence-electron chi connectivity index (χ0n) is 11.4. The van der Waals surface area contributed by atoms with Crippen molar-refractivity contribution >= 4 is 17.5 Å². The zero-order chi connectivity index (χ0) is 14.7. The number of phenols is 1. The Morgan fingerprint density at radius 2 is 1.95 bits per heavy atom. The molecule has 2 aromatic carbocycles. The SMILES string of the molecule is Cc1ccc(C(=O)NC(C)c2ccccc2Cl)cc1O. The molecule has 1 atom stereocenters. The van der Waals surface area contributed by atoms with Crippen molar-refractivity contribution in [2.45, 2.75) is 19.9 Å². The van der Waals surface area contributed by atoms with Gasteiger partial charge in [0.15, 0.2) is 0 Å². The number of amides is 1. The van der Waals surface area contributed by atoms with Crippen LogP contribution >= 0.6 is 11.6 Å². The van der Waals surface area contributed by atoms with Gasteiger partial charge in [0, 0.05) is 10.6 Å². The van der Waals surface area contributed by atoms with Gasteiger partial charge < -0.3 is 10.4 Å². The lowest BCUT2D eigenvalue weighted by atomic mass is 10.1. The van der Waals surface area contributed by atoms with E-state index in [0.717, 1.165) is 11.1 Å². The Morgan fingerprint density at radius 3 is 2.60 bits per heavy atom. The summed E-state index contributed by atoms with van der Waals surface area (Å²) in [6.07, 6.45) is 0. The van der Waals surface area contributed by atoms with Crippen molar-refractivity contribution in [1.82, 2.24) is 5.32 Å². The van der Waals surface area contributed by atoms with Crippen LogP contribution in [0.5, 0.6) is 5.75 Å². The molecule has 0 aromatic heterocycles. The molecular weight excluding hydrogens is 274 g/mol. The average molecular weight is 290 g/mol. The normalized spacial score (nSPS) is 11.9. The van der Waals surface area contributed by atoms with Crippen LogP contribution in [0.4, 0.5) is 0 Å². The predicted octanol–water partition coefficient (Wildman–Crippen LogP) is 3.85. The van der Waals surface area contributed by atoms with Crippen LogP contribution in [0, 0.1) is 6.92 Å². The summed E-state index contributed by atoms with van der Waals surface area (Å²) in [7, 11) is 0. The maximum absolute atomic E-state index is 12.1. The highest BCUT2D eigenvalue weighted by molar-refractivity contribution is 6.31. The second-order valence-corrected chi connectivity index (χ2v) is 5.13. The van der Waals surface area contributed by atoms with E-state index in [1.165, 1.54) is 6.07 Å². The molecule has 2 rings (SSSR count). The van der Waals surface area contributed by atoms with Crippen LogP contribution in [0.3, 0.4) is 0 Å². The number of aromatic hydroxyl groups is 1. The fraction of sp³-hybridized carbons (Fsp3) is 0.188. The number of aryl methyl sites for hydroxylation is 1. The summed E-state index contributed by atoms with van der Waals surface area (Å²) in [5.74, 6) is -0.129. The van der Waals surface area contributed by atoms with Crippen molar-refractivity contribution in [3.63, 3.8) is 0 Å². The zero-order valence-corrected chi connectivity index (χ0v) is 12.1. The fourth-order valence-electron chi connectivity index (χ4n) is 1.93. The summed E-state index contributed by atoms with van der Waals surface area (Å²) < 4.78 is 0. The summed E-state index contributed by atoms with van der Waals surface area (Å²) >= 11 is 6.10. The molecule has 0 saturated heterocycles. The average Bonchev–Trinajstić information content (AvgIpc) is 2.42. The van der Waals surface area contributed by atoms with Gasteiger partial charge in [-0.1, -0.05) is 35.9 Å². The number of carbonyl (C=O) groups excluding carboxylic acids is 1. The number of nitrogens with one attached hydrogen (secondary N) is 1. The molecule has 0 fully saturated rings.